The maximum absolute atomic E-state index is 11.9. The van der Waals surface area contributed by atoms with E-state index in [1.54, 1.807) is 26.4 Å². The standard InChI is InChI=1S/C15H26N4O/c1-15(2,11-18(3)4)10-17-12-7-8-16-13(9-12)14(20)19(5)6/h7-9H,10-11H2,1-6H3,(H,16,17). The van der Waals surface area contributed by atoms with Crippen molar-refractivity contribution >= 4 is 11.6 Å². The highest BCUT2D eigenvalue weighted by Gasteiger charge is 2.19. The highest BCUT2D eigenvalue weighted by Crippen LogP contribution is 2.18. The van der Waals surface area contributed by atoms with E-state index in [0.717, 1.165) is 18.8 Å². The lowest BCUT2D eigenvalue weighted by Crippen LogP contribution is -2.34. The first kappa shape index (κ1) is 16.4. The topological polar surface area (TPSA) is 48.5 Å². The van der Waals surface area contributed by atoms with Crippen molar-refractivity contribution in [1.82, 2.24) is 14.8 Å². The Hall–Kier alpha value is -1.62. The van der Waals surface area contributed by atoms with Crippen LogP contribution in [-0.2, 0) is 0 Å². The van der Waals surface area contributed by atoms with Gasteiger partial charge in [-0.3, -0.25) is 9.78 Å². The molecule has 5 heteroatoms. The first-order valence-electron chi connectivity index (χ1n) is 6.77. The van der Waals surface area contributed by atoms with Gasteiger partial charge < -0.3 is 15.1 Å². The predicted octanol–water partition coefficient (Wildman–Crippen LogP) is 1.78. The minimum Gasteiger partial charge on any atom is -0.384 e. The zero-order valence-electron chi connectivity index (χ0n) is 13.4. The summed E-state index contributed by atoms with van der Waals surface area (Å²) in [6.45, 7) is 6.26. The van der Waals surface area contributed by atoms with Crippen LogP contribution in [0.5, 0.6) is 0 Å². The summed E-state index contributed by atoms with van der Waals surface area (Å²) in [7, 11) is 7.60. The molecule has 5 nitrogen and oxygen atoms in total. The summed E-state index contributed by atoms with van der Waals surface area (Å²) in [5, 5.41) is 3.39. The van der Waals surface area contributed by atoms with E-state index in [9.17, 15) is 4.79 Å². The molecule has 1 heterocycles. The lowest BCUT2D eigenvalue weighted by molar-refractivity contribution is 0.0822. The maximum atomic E-state index is 11.9. The molecule has 20 heavy (non-hydrogen) atoms. The van der Waals surface area contributed by atoms with Gasteiger partial charge in [-0.2, -0.15) is 0 Å². The fraction of sp³-hybridized carbons (Fsp3) is 0.600. The summed E-state index contributed by atoms with van der Waals surface area (Å²) in [6.07, 6.45) is 1.66. The second kappa shape index (κ2) is 6.70. The monoisotopic (exact) mass is 278 g/mol. The van der Waals surface area contributed by atoms with E-state index < -0.39 is 0 Å². The maximum Gasteiger partial charge on any atom is 0.272 e. The van der Waals surface area contributed by atoms with Gasteiger partial charge in [0.2, 0.25) is 0 Å². The van der Waals surface area contributed by atoms with Gasteiger partial charge in [-0.05, 0) is 31.6 Å². The normalized spacial score (nSPS) is 11.6. The molecular formula is C15H26N4O. The summed E-state index contributed by atoms with van der Waals surface area (Å²) < 4.78 is 0. The third kappa shape index (κ3) is 5.17. The van der Waals surface area contributed by atoms with Gasteiger partial charge in [-0.15, -0.1) is 0 Å². The third-order valence-corrected chi connectivity index (χ3v) is 2.90. The number of carbonyl (C=O) groups excluding carboxylic acids is 1. The zero-order chi connectivity index (χ0) is 15.3. The number of aromatic nitrogens is 1. The van der Waals surface area contributed by atoms with Crippen molar-refractivity contribution in [3.63, 3.8) is 0 Å². The van der Waals surface area contributed by atoms with Gasteiger partial charge in [0.25, 0.3) is 5.91 Å². The molecule has 0 aliphatic rings. The van der Waals surface area contributed by atoms with E-state index in [2.05, 4.69) is 43.1 Å². The molecule has 0 spiro atoms. The van der Waals surface area contributed by atoms with E-state index in [1.807, 2.05) is 6.07 Å². The highest BCUT2D eigenvalue weighted by molar-refractivity contribution is 5.92. The highest BCUT2D eigenvalue weighted by atomic mass is 16.2. The molecule has 0 bridgehead atoms. The first-order chi connectivity index (χ1) is 9.21. The van der Waals surface area contributed by atoms with Gasteiger partial charge in [0, 0.05) is 39.1 Å². The number of anilines is 1. The molecule has 0 saturated heterocycles. The van der Waals surface area contributed by atoms with E-state index in [4.69, 9.17) is 0 Å². The Morgan fingerprint density at radius 3 is 2.50 bits per heavy atom. The lowest BCUT2D eigenvalue weighted by atomic mass is 9.93. The predicted molar refractivity (Wildman–Crippen MR) is 83.1 cm³/mol. The molecular weight excluding hydrogens is 252 g/mol. The summed E-state index contributed by atoms with van der Waals surface area (Å²) >= 11 is 0. The smallest absolute Gasteiger partial charge is 0.272 e. The van der Waals surface area contributed by atoms with Crippen LogP contribution in [0.4, 0.5) is 5.69 Å². The second-order valence-corrected chi connectivity index (χ2v) is 6.38. The van der Waals surface area contributed by atoms with Crippen LogP contribution < -0.4 is 5.32 Å². The molecule has 0 aliphatic heterocycles. The minimum atomic E-state index is -0.0822. The minimum absolute atomic E-state index is 0.0822. The molecule has 1 aromatic rings. The number of amides is 1. The van der Waals surface area contributed by atoms with Crippen LogP contribution in [0, 0.1) is 5.41 Å². The van der Waals surface area contributed by atoms with Gasteiger partial charge in [-0.25, -0.2) is 0 Å². The van der Waals surface area contributed by atoms with E-state index in [1.165, 1.54) is 4.90 Å². The molecule has 0 radical (unpaired) electrons. The third-order valence-electron chi connectivity index (χ3n) is 2.90. The van der Waals surface area contributed by atoms with Gasteiger partial charge >= 0.3 is 0 Å². The van der Waals surface area contributed by atoms with Crippen molar-refractivity contribution in [2.45, 2.75) is 13.8 Å². The van der Waals surface area contributed by atoms with E-state index >= 15 is 0 Å². The van der Waals surface area contributed by atoms with Crippen molar-refractivity contribution in [3.05, 3.63) is 24.0 Å². The number of nitrogens with one attached hydrogen (secondary N) is 1. The summed E-state index contributed by atoms with van der Waals surface area (Å²) in [4.78, 5) is 19.7. The Labute approximate surface area is 122 Å². The second-order valence-electron chi connectivity index (χ2n) is 6.38. The Morgan fingerprint density at radius 2 is 1.95 bits per heavy atom. The van der Waals surface area contributed by atoms with Crippen LogP contribution >= 0.6 is 0 Å². The average molecular weight is 278 g/mol. The molecule has 0 unspecified atom stereocenters. The van der Waals surface area contributed by atoms with Gasteiger partial charge in [0.1, 0.15) is 5.69 Å². The van der Waals surface area contributed by atoms with Crippen LogP contribution in [0.3, 0.4) is 0 Å². The SMILES string of the molecule is CN(C)CC(C)(C)CNc1ccnc(C(=O)N(C)C)c1. The van der Waals surface area contributed by atoms with Crippen LogP contribution in [0.15, 0.2) is 18.3 Å². The van der Waals surface area contributed by atoms with Crippen molar-refractivity contribution in [2.75, 3.05) is 46.6 Å². The molecule has 1 N–H and O–H groups in total. The molecule has 1 aromatic heterocycles. The van der Waals surface area contributed by atoms with Crippen molar-refractivity contribution < 1.29 is 4.79 Å². The fourth-order valence-electron chi connectivity index (χ4n) is 2.14. The largest absolute Gasteiger partial charge is 0.384 e. The van der Waals surface area contributed by atoms with Crippen LogP contribution in [0.1, 0.15) is 24.3 Å². The average Bonchev–Trinajstić information content (AvgIpc) is 2.34. The Balaban J connectivity index is 2.70. The molecule has 0 aromatic carbocycles. The summed E-state index contributed by atoms with van der Waals surface area (Å²) in [6, 6.07) is 3.69. The molecule has 1 rings (SSSR count). The number of pyridine rings is 1. The molecule has 0 fully saturated rings. The lowest BCUT2D eigenvalue weighted by Gasteiger charge is -2.29. The van der Waals surface area contributed by atoms with E-state index in [0.29, 0.717) is 5.69 Å². The Bertz CT molecular complexity index is 455. The van der Waals surface area contributed by atoms with E-state index in [-0.39, 0.29) is 11.3 Å². The quantitative estimate of drug-likeness (QED) is 0.862. The zero-order valence-corrected chi connectivity index (χ0v) is 13.4. The van der Waals surface area contributed by atoms with Crippen LogP contribution in [0.2, 0.25) is 0 Å². The molecule has 0 saturated carbocycles. The van der Waals surface area contributed by atoms with Crippen LogP contribution in [-0.4, -0.2) is 62.0 Å². The molecule has 112 valence electrons. The first-order valence-corrected chi connectivity index (χ1v) is 6.77. The molecule has 1 amide bonds. The fourth-order valence-corrected chi connectivity index (χ4v) is 2.14. The van der Waals surface area contributed by atoms with Crippen LogP contribution in [0.25, 0.3) is 0 Å². The number of carbonyl (C=O) groups is 1. The van der Waals surface area contributed by atoms with Gasteiger partial charge in [0.05, 0.1) is 0 Å². The Kier molecular flexibility index (Phi) is 5.51. The van der Waals surface area contributed by atoms with Crippen molar-refractivity contribution in [3.8, 4) is 0 Å². The van der Waals surface area contributed by atoms with Crippen molar-refractivity contribution in [1.29, 1.82) is 0 Å². The summed E-state index contributed by atoms with van der Waals surface area (Å²) in [5.41, 5.74) is 1.54. The summed E-state index contributed by atoms with van der Waals surface area (Å²) in [5.74, 6) is -0.0822. The number of hydrogen-bond acceptors (Lipinski definition) is 4. The van der Waals surface area contributed by atoms with Gasteiger partial charge in [0.15, 0.2) is 0 Å². The number of rotatable bonds is 6. The molecule has 0 atom stereocenters. The van der Waals surface area contributed by atoms with Crippen molar-refractivity contribution in [2.24, 2.45) is 5.41 Å². The number of hydrogen-bond donors (Lipinski definition) is 1. The molecule has 0 aliphatic carbocycles. The Morgan fingerprint density at radius 1 is 1.30 bits per heavy atom. The van der Waals surface area contributed by atoms with Gasteiger partial charge in [-0.1, -0.05) is 13.8 Å². The number of nitrogens with zero attached hydrogens (tertiary/aromatic N) is 3.